The van der Waals surface area contributed by atoms with Gasteiger partial charge >= 0.3 is 0 Å². The Labute approximate surface area is 116 Å². The minimum Gasteiger partial charge on any atom is -0.397 e. The molecule has 2 atom stereocenters. The van der Waals surface area contributed by atoms with Crippen LogP contribution < -0.4 is 16.8 Å². The first-order valence-corrected chi connectivity index (χ1v) is 6.83. The molecule has 0 spiro atoms. The zero-order chi connectivity index (χ0) is 14.0. The van der Waals surface area contributed by atoms with E-state index < -0.39 is 5.82 Å². The molecule has 106 valence electrons. The van der Waals surface area contributed by atoms with E-state index in [4.69, 9.17) is 23.1 Å². The van der Waals surface area contributed by atoms with Crippen LogP contribution in [0.5, 0.6) is 0 Å². The second kappa shape index (κ2) is 5.84. The number of benzene rings is 1. The van der Waals surface area contributed by atoms with E-state index in [-0.39, 0.29) is 34.1 Å². The van der Waals surface area contributed by atoms with Gasteiger partial charge in [-0.2, -0.15) is 0 Å². The van der Waals surface area contributed by atoms with Crippen LogP contribution in [0, 0.1) is 11.7 Å². The van der Waals surface area contributed by atoms with Crippen molar-refractivity contribution < 1.29 is 9.50 Å². The number of nitrogens with one attached hydrogen (secondary N) is 1. The van der Waals surface area contributed by atoms with Crippen molar-refractivity contribution in [2.45, 2.75) is 31.8 Å². The normalized spacial score (nSPS) is 23.3. The molecule has 1 aromatic rings. The standard InChI is InChI=1S/C13H19ClFN3O/c14-11-8(16)5-9(17)13(12(11)15)18-6-7-3-1-2-4-10(7)19/h5,7,10,18-19H,1-4,6,16-17H2. The summed E-state index contributed by atoms with van der Waals surface area (Å²) in [6, 6.07) is 1.44. The van der Waals surface area contributed by atoms with Crippen molar-refractivity contribution in [2.75, 3.05) is 23.3 Å². The van der Waals surface area contributed by atoms with Crippen LogP contribution in [0.25, 0.3) is 0 Å². The van der Waals surface area contributed by atoms with Gasteiger partial charge in [0.25, 0.3) is 0 Å². The minimum absolute atomic E-state index is 0.115. The largest absolute Gasteiger partial charge is 0.397 e. The van der Waals surface area contributed by atoms with Gasteiger partial charge in [0.15, 0.2) is 5.82 Å². The predicted molar refractivity (Wildman–Crippen MR) is 76.7 cm³/mol. The Morgan fingerprint density at radius 1 is 1.32 bits per heavy atom. The molecule has 1 aliphatic carbocycles. The molecule has 1 fully saturated rings. The lowest BCUT2D eigenvalue weighted by atomic mass is 9.86. The van der Waals surface area contributed by atoms with Crippen molar-refractivity contribution in [2.24, 2.45) is 5.92 Å². The van der Waals surface area contributed by atoms with Crippen LogP contribution in [-0.2, 0) is 0 Å². The molecule has 0 bridgehead atoms. The number of aliphatic hydroxyl groups is 1. The Kier molecular flexibility index (Phi) is 4.37. The van der Waals surface area contributed by atoms with Crippen molar-refractivity contribution in [1.29, 1.82) is 0 Å². The number of nitrogens with two attached hydrogens (primary N) is 2. The number of hydrogen-bond donors (Lipinski definition) is 4. The minimum atomic E-state index is -0.635. The SMILES string of the molecule is Nc1cc(N)c(NCC2CCCCC2O)c(F)c1Cl. The Balaban J connectivity index is 2.09. The molecule has 0 aliphatic heterocycles. The van der Waals surface area contributed by atoms with Gasteiger partial charge in [-0.1, -0.05) is 24.4 Å². The fourth-order valence-electron chi connectivity index (χ4n) is 2.51. The zero-order valence-corrected chi connectivity index (χ0v) is 11.4. The van der Waals surface area contributed by atoms with Crippen LogP contribution in [0.3, 0.4) is 0 Å². The number of halogens is 2. The second-order valence-corrected chi connectivity index (χ2v) is 5.43. The summed E-state index contributed by atoms with van der Waals surface area (Å²) < 4.78 is 14.0. The molecule has 0 aromatic heterocycles. The van der Waals surface area contributed by atoms with Gasteiger partial charge in [-0.25, -0.2) is 4.39 Å². The monoisotopic (exact) mass is 287 g/mol. The molecular formula is C13H19ClFN3O. The van der Waals surface area contributed by atoms with E-state index in [1.807, 2.05) is 0 Å². The summed E-state index contributed by atoms with van der Waals surface area (Å²) in [6.07, 6.45) is 3.52. The lowest BCUT2D eigenvalue weighted by molar-refractivity contribution is 0.0763. The lowest BCUT2D eigenvalue weighted by Crippen LogP contribution is -2.30. The third kappa shape index (κ3) is 3.04. The predicted octanol–water partition coefficient (Wildman–Crippen LogP) is 2.61. The van der Waals surface area contributed by atoms with Gasteiger partial charge < -0.3 is 21.9 Å². The van der Waals surface area contributed by atoms with Crippen LogP contribution >= 0.6 is 11.6 Å². The third-order valence-corrected chi connectivity index (χ3v) is 4.06. The molecule has 1 aromatic carbocycles. The van der Waals surface area contributed by atoms with Crippen LogP contribution in [0.2, 0.25) is 5.02 Å². The highest BCUT2D eigenvalue weighted by molar-refractivity contribution is 6.33. The average Bonchev–Trinajstić information content (AvgIpc) is 2.38. The summed E-state index contributed by atoms with van der Waals surface area (Å²) >= 11 is 5.76. The molecule has 0 radical (unpaired) electrons. The molecule has 1 saturated carbocycles. The first-order valence-electron chi connectivity index (χ1n) is 6.45. The molecule has 6 N–H and O–H groups in total. The summed E-state index contributed by atoms with van der Waals surface area (Å²) in [6.45, 7) is 0.475. The van der Waals surface area contributed by atoms with Gasteiger partial charge in [0.2, 0.25) is 0 Å². The Hall–Kier alpha value is -1.20. The maximum absolute atomic E-state index is 14.0. The van der Waals surface area contributed by atoms with Crippen molar-refractivity contribution in [3.05, 3.63) is 16.9 Å². The van der Waals surface area contributed by atoms with Gasteiger partial charge in [-0.3, -0.25) is 0 Å². The van der Waals surface area contributed by atoms with Gasteiger partial charge in [-0.15, -0.1) is 0 Å². The van der Waals surface area contributed by atoms with Crippen LogP contribution in [-0.4, -0.2) is 17.8 Å². The number of aliphatic hydroxyl groups excluding tert-OH is 1. The second-order valence-electron chi connectivity index (χ2n) is 5.05. The quantitative estimate of drug-likeness (QED) is 0.644. The van der Waals surface area contributed by atoms with E-state index in [9.17, 15) is 9.50 Å². The zero-order valence-electron chi connectivity index (χ0n) is 10.6. The topological polar surface area (TPSA) is 84.3 Å². The molecule has 19 heavy (non-hydrogen) atoms. The van der Waals surface area contributed by atoms with E-state index in [1.165, 1.54) is 6.07 Å². The molecule has 6 heteroatoms. The first kappa shape index (κ1) is 14.2. The van der Waals surface area contributed by atoms with Crippen molar-refractivity contribution >= 4 is 28.7 Å². The Bertz CT molecular complexity index is 470. The molecule has 0 heterocycles. The number of hydrogen-bond acceptors (Lipinski definition) is 4. The molecule has 2 rings (SSSR count). The summed E-state index contributed by atoms with van der Waals surface area (Å²) in [5.41, 5.74) is 11.8. The van der Waals surface area contributed by atoms with Crippen LogP contribution in [0.4, 0.5) is 21.5 Å². The Morgan fingerprint density at radius 3 is 2.68 bits per heavy atom. The molecule has 4 nitrogen and oxygen atoms in total. The molecule has 0 amide bonds. The molecule has 0 saturated heterocycles. The summed E-state index contributed by atoms with van der Waals surface area (Å²) in [7, 11) is 0. The van der Waals surface area contributed by atoms with E-state index in [2.05, 4.69) is 5.32 Å². The highest BCUT2D eigenvalue weighted by atomic mass is 35.5. The maximum atomic E-state index is 14.0. The van der Waals surface area contributed by atoms with Crippen molar-refractivity contribution in [1.82, 2.24) is 0 Å². The highest BCUT2D eigenvalue weighted by Crippen LogP contribution is 2.34. The first-order chi connectivity index (χ1) is 9.00. The average molecular weight is 288 g/mol. The maximum Gasteiger partial charge on any atom is 0.169 e. The fraction of sp³-hybridized carbons (Fsp3) is 0.538. The van der Waals surface area contributed by atoms with Crippen LogP contribution in [0.15, 0.2) is 6.07 Å². The van der Waals surface area contributed by atoms with Gasteiger partial charge in [0, 0.05) is 12.5 Å². The van der Waals surface area contributed by atoms with Gasteiger partial charge in [0.05, 0.1) is 23.2 Å². The van der Waals surface area contributed by atoms with E-state index >= 15 is 0 Å². The van der Waals surface area contributed by atoms with E-state index in [0.29, 0.717) is 6.54 Å². The molecule has 1 aliphatic rings. The summed E-state index contributed by atoms with van der Waals surface area (Å²) in [5, 5.41) is 12.7. The summed E-state index contributed by atoms with van der Waals surface area (Å²) in [4.78, 5) is 0. The lowest BCUT2D eigenvalue weighted by Gasteiger charge is -2.28. The third-order valence-electron chi connectivity index (χ3n) is 3.68. The number of rotatable bonds is 3. The van der Waals surface area contributed by atoms with Gasteiger partial charge in [-0.05, 0) is 18.9 Å². The van der Waals surface area contributed by atoms with Crippen LogP contribution in [0.1, 0.15) is 25.7 Å². The fourth-order valence-corrected chi connectivity index (χ4v) is 2.65. The highest BCUT2D eigenvalue weighted by Gasteiger charge is 2.23. The van der Waals surface area contributed by atoms with E-state index in [1.54, 1.807) is 0 Å². The summed E-state index contributed by atoms with van der Waals surface area (Å²) in [5.74, 6) is -0.520. The smallest absolute Gasteiger partial charge is 0.169 e. The Morgan fingerprint density at radius 2 is 2.00 bits per heavy atom. The molecular weight excluding hydrogens is 269 g/mol. The van der Waals surface area contributed by atoms with Crippen molar-refractivity contribution in [3.8, 4) is 0 Å². The van der Waals surface area contributed by atoms with Gasteiger partial charge in [0.1, 0.15) is 5.02 Å². The van der Waals surface area contributed by atoms with Crippen molar-refractivity contribution in [3.63, 3.8) is 0 Å². The number of anilines is 3. The molecule has 2 unspecified atom stereocenters. The number of nitrogen functional groups attached to an aromatic ring is 2. The van der Waals surface area contributed by atoms with E-state index in [0.717, 1.165) is 25.7 Å².